The summed E-state index contributed by atoms with van der Waals surface area (Å²) in [6.45, 7) is 0.521. The maximum atomic E-state index is 12.2. The Hall–Kier alpha value is -1.09. The van der Waals surface area contributed by atoms with E-state index in [0.717, 1.165) is 29.2 Å². The molecule has 4 aliphatic carbocycles. The van der Waals surface area contributed by atoms with Crippen LogP contribution < -0.4 is 11.3 Å². The molecule has 4 fully saturated rings. The third kappa shape index (κ3) is 1.78. The molecule has 2 N–H and O–H groups in total. The van der Waals surface area contributed by atoms with Crippen molar-refractivity contribution in [2.45, 2.75) is 44.7 Å². The minimum Gasteiger partial charge on any atom is -0.326 e. The van der Waals surface area contributed by atoms with E-state index in [1.165, 1.54) is 32.1 Å². The molecule has 4 bridgehead atoms. The number of hydrogen-bond acceptors (Lipinski definition) is 2. The summed E-state index contributed by atoms with van der Waals surface area (Å²) in [4.78, 5) is 12.2. The second-order valence-corrected chi connectivity index (χ2v) is 6.91. The fraction of sp³-hybridized carbons (Fsp3) is 0.688. The number of nitrogens with zero attached hydrogens (tertiary/aromatic N) is 1. The number of aromatic nitrogens is 1. The zero-order valence-corrected chi connectivity index (χ0v) is 11.3. The highest BCUT2D eigenvalue weighted by atomic mass is 16.1. The highest BCUT2D eigenvalue weighted by molar-refractivity contribution is 5.12. The lowest BCUT2D eigenvalue weighted by atomic mass is 9.54. The van der Waals surface area contributed by atoms with Crippen LogP contribution in [0.4, 0.5) is 0 Å². The minimum atomic E-state index is 0.162. The van der Waals surface area contributed by atoms with Gasteiger partial charge in [0.1, 0.15) is 0 Å². The molecule has 1 aromatic rings. The Balaban J connectivity index is 1.74. The Bertz CT molecular complexity index is 520. The van der Waals surface area contributed by atoms with Crippen molar-refractivity contribution in [3.8, 4) is 0 Å². The molecule has 5 rings (SSSR count). The van der Waals surface area contributed by atoms with E-state index < -0.39 is 0 Å². The number of pyridine rings is 1. The molecule has 3 nitrogen and oxygen atoms in total. The number of nitrogens with two attached hydrogens (primary N) is 1. The quantitative estimate of drug-likeness (QED) is 0.885. The van der Waals surface area contributed by atoms with Crippen LogP contribution in [0.1, 0.15) is 43.7 Å². The molecule has 0 aliphatic heterocycles. The van der Waals surface area contributed by atoms with Gasteiger partial charge in [0.05, 0.1) is 0 Å². The lowest BCUT2D eigenvalue weighted by Gasteiger charge is -2.54. The highest BCUT2D eigenvalue weighted by Crippen LogP contribution is 2.57. The van der Waals surface area contributed by atoms with Gasteiger partial charge in [0.15, 0.2) is 0 Å². The van der Waals surface area contributed by atoms with Gasteiger partial charge in [-0.05, 0) is 61.3 Å². The van der Waals surface area contributed by atoms with Crippen molar-refractivity contribution in [2.75, 3.05) is 0 Å². The maximum absolute atomic E-state index is 12.2. The normalized spacial score (nSPS) is 39.7. The van der Waals surface area contributed by atoms with Gasteiger partial charge in [0.25, 0.3) is 5.56 Å². The van der Waals surface area contributed by atoms with Crippen LogP contribution in [0.15, 0.2) is 23.1 Å². The summed E-state index contributed by atoms with van der Waals surface area (Å²) in [5, 5.41) is 0. The summed E-state index contributed by atoms with van der Waals surface area (Å²) < 4.78 is 2.02. The fourth-order valence-electron chi connectivity index (χ4n) is 5.25. The summed E-state index contributed by atoms with van der Waals surface area (Å²) in [5.74, 6) is 3.38. The van der Waals surface area contributed by atoms with Crippen LogP contribution in [-0.2, 0) is 6.54 Å². The highest BCUT2D eigenvalue weighted by Gasteiger charge is 2.48. The first-order valence-corrected chi connectivity index (χ1v) is 7.65. The molecule has 19 heavy (non-hydrogen) atoms. The van der Waals surface area contributed by atoms with Crippen molar-refractivity contribution in [1.29, 1.82) is 0 Å². The third-order valence-corrected chi connectivity index (χ3v) is 5.73. The molecule has 0 radical (unpaired) electrons. The Kier molecular flexibility index (Phi) is 2.59. The van der Waals surface area contributed by atoms with Crippen LogP contribution in [0, 0.1) is 23.7 Å². The predicted octanol–water partition coefficient (Wildman–Crippen LogP) is 2.30. The first kappa shape index (κ1) is 11.7. The van der Waals surface area contributed by atoms with Crippen LogP contribution in [0.2, 0.25) is 0 Å². The average Bonchev–Trinajstić information content (AvgIpc) is 2.39. The summed E-state index contributed by atoms with van der Waals surface area (Å²) in [7, 11) is 0. The lowest BCUT2D eigenvalue weighted by Crippen LogP contribution is -2.48. The summed E-state index contributed by atoms with van der Waals surface area (Å²) in [6.07, 6.45) is 8.86. The van der Waals surface area contributed by atoms with Gasteiger partial charge in [-0.25, -0.2) is 0 Å². The Morgan fingerprint density at radius 1 is 1.05 bits per heavy atom. The van der Waals surface area contributed by atoms with Crippen molar-refractivity contribution in [3.05, 3.63) is 34.2 Å². The second kappa shape index (κ2) is 4.20. The summed E-state index contributed by atoms with van der Waals surface area (Å²) >= 11 is 0. The van der Waals surface area contributed by atoms with Crippen molar-refractivity contribution in [1.82, 2.24) is 4.57 Å². The summed E-state index contributed by atoms with van der Waals surface area (Å²) in [5.41, 5.74) is 6.97. The Morgan fingerprint density at radius 3 is 2.26 bits per heavy atom. The number of rotatable bonds is 2. The van der Waals surface area contributed by atoms with Gasteiger partial charge in [-0.1, -0.05) is 6.07 Å². The van der Waals surface area contributed by atoms with Crippen LogP contribution >= 0.6 is 0 Å². The van der Waals surface area contributed by atoms with Crippen LogP contribution in [0.5, 0.6) is 0 Å². The Labute approximate surface area is 113 Å². The van der Waals surface area contributed by atoms with Crippen molar-refractivity contribution in [2.24, 2.45) is 29.4 Å². The fourth-order valence-corrected chi connectivity index (χ4v) is 5.25. The van der Waals surface area contributed by atoms with Crippen molar-refractivity contribution < 1.29 is 0 Å². The molecular weight excluding hydrogens is 236 g/mol. The van der Waals surface area contributed by atoms with Gasteiger partial charge >= 0.3 is 0 Å². The molecule has 0 atom stereocenters. The van der Waals surface area contributed by atoms with Gasteiger partial charge in [-0.3, -0.25) is 4.79 Å². The molecule has 0 unspecified atom stereocenters. The average molecular weight is 258 g/mol. The van der Waals surface area contributed by atoms with E-state index in [1.807, 2.05) is 16.8 Å². The second-order valence-electron chi connectivity index (χ2n) is 6.91. The molecule has 0 spiro atoms. The van der Waals surface area contributed by atoms with Gasteiger partial charge in [-0.15, -0.1) is 0 Å². The molecule has 1 heterocycles. The molecule has 0 aromatic carbocycles. The van der Waals surface area contributed by atoms with E-state index in [9.17, 15) is 4.79 Å². The zero-order chi connectivity index (χ0) is 13.0. The van der Waals surface area contributed by atoms with E-state index in [1.54, 1.807) is 6.07 Å². The molecule has 0 saturated heterocycles. The van der Waals surface area contributed by atoms with Gasteiger partial charge in [0, 0.05) is 24.8 Å². The van der Waals surface area contributed by atoms with E-state index >= 15 is 0 Å². The standard InChI is InChI=1S/C16H22N2O/c17-8-10-1-2-15(19)18(9-10)16-13-4-11-3-12(6-13)7-14(16)5-11/h1-2,9,11-14,16H,3-8,17H2. The van der Waals surface area contributed by atoms with E-state index in [-0.39, 0.29) is 5.56 Å². The van der Waals surface area contributed by atoms with E-state index in [0.29, 0.717) is 12.6 Å². The monoisotopic (exact) mass is 258 g/mol. The maximum Gasteiger partial charge on any atom is 0.250 e. The SMILES string of the molecule is NCc1ccc(=O)n(C2C3CC4CC(C3)CC2C4)c1. The van der Waals surface area contributed by atoms with E-state index in [4.69, 9.17) is 5.73 Å². The van der Waals surface area contributed by atoms with Gasteiger partial charge in [-0.2, -0.15) is 0 Å². The topological polar surface area (TPSA) is 48.0 Å². The third-order valence-electron chi connectivity index (χ3n) is 5.73. The first-order valence-electron chi connectivity index (χ1n) is 7.65. The Morgan fingerprint density at radius 2 is 1.68 bits per heavy atom. The van der Waals surface area contributed by atoms with Crippen molar-refractivity contribution >= 4 is 0 Å². The molecule has 0 amide bonds. The predicted molar refractivity (Wildman–Crippen MR) is 74.7 cm³/mol. The minimum absolute atomic E-state index is 0.162. The molecule has 102 valence electrons. The summed E-state index contributed by atoms with van der Waals surface area (Å²) in [6, 6.07) is 4.02. The smallest absolute Gasteiger partial charge is 0.250 e. The molecule has 4 aliphatic rings. The molecule has 1 aromatic heterocycles. The zero-order valence-electron chi connectivity index (χ0n) is 11.3. The molecule has 4 saturated carbocycles. The van der Waals surface area contributed by atoms with Crippen molar-refractivity contribution in [3.63, 3.8) is 0 Å². The largest absolute Gasteiger partial charge is 0.326 e. The van der Waals surface area contributed by atoms with Gasteiger partial charge in [0.2, 0.25) is 0 Å². The lowest BCUT2D eigenvalue weighted by molar-refractivity contribution is -0.0304. The van der Waals surface area contributed by atoms with Crippen LogP contribution in [0.3, 0.4) is 0 Å². The van der Waals surface area contributed by atoms with Crippen LogP contribution in [0.25, 0.3) is 0 Å². The van der Waals surface area contributed by atoms with E-state index in [2.05, 4.69) is 0 Å². The number of hydrogen-bond donors (Lipinski definition) is 1. The molecule has 3 heteroatoms. The van der Waals surface area contributed by atoms with Gasteiger partial charge < -0.3 is 10.3 Å². The first-order chi connectivity index (χ1) is 9.24. The molecular formula is C16H22N2O. The van der Waals surface area contributed by atoms with Crippen LogP contribution in [-0.4, -0.2) is 4.57 Å².